The number of carbonyl (C=O) groups excluding carboxylic acids is 2. The molecule has 0 atom stereocenters. The summed E-state index contributed by atoms with van der Waals surface area (Å²) in [6, 6.07) is 2.51. The van der Waals surface area contributed by atoms with E-state index in [0.717, 1.165) is 0 Å². The van der Waals surface area contributed by atoms with Crippen LogP contribution >= 0.6 is 0 Å². The van der Waals surface area contributed by atoms with Crippen LogP contribution in [0, 0.1) is 10.1 Å². The first-order valence-corrected chi connectivity index (χ1v) is 4.90. The van der Waals surface area contributed by atoms with Gasteiger partial charge in [0.2, 0.25) is 0 Å². The zero-order chi connectivity index (χ0) is 13.7. The van der Waals surface area contributed by atoms with Gasteiger partial charge in [-0.3, -0.25) is 19.7 Å². The lowest BCUT2D eigenvalue weighted by Gasteiger charge is -2.07. The fraction of sp³-hybridized carbons (Fsp3) is 0.273. The van der Waals surface area contributed by atoms with E-state index in [2.05, 4.69) is 4.74 Å². The number of ether oxygens (including phenoxy) is 2. The molecule has 0 saturated heterocycles. The summed E-state index contributed by atoms with van der Waals surface area (Å²) in [6.07, 6.45) is 0.220. The number of rotatable bonds is 5. The average molecular weight is 253 g/mol. The maximum absolute atomic E-state index is 11.2. The monoisotopic (exact) mass is 253 g/mol. The van der Waals surface area contributed by atoms with Crippen LogP contribution in [0.15, 0.2) is 12.1 Å². The Balaban J connectivity index is 3.38. The van der Waals surface area contributed by atoms with E-state index in [4.69, 9.17) is 4.74 Å². The molecule has 1 rings (SSSR count). The first-order valence-electron chi connectivity index (χ1n) is 4.90. The second kappa shape index (κ2) is 5.76. The molecule has 7 heteroatoms. The highest BCUT2D eigenvalue weighted by atomic mass is 16.6. The fourth-order valence-corrected chi connectivity index (χ4v) is 1.48. The molecule has 0 heterocycles. The van der Waals surface area contributed by atoms with Crippen LogP contribution in [0.3, 0.4) is 0 Å². The predicted octanol–water partition coefficient (Wildman–Crippen LogP) is 1.13. The van der Waals surface area contributed by atoms with Crippen molar-refractivity contribution >= 4 is 17.9 Å². The summed E-state index contributed by atoms with van der Waals surface area (Å²) in [5.74, 6) is -0.702. The van der Waals surface area contributed by atoms with Crippen LogP contribution in [0.1, 0.15) is 15.9 Å². The van der Waals surface area contributed by atoms with Crippen LogP contribution in [0.25, 0.3) is 0 Å². The molecule has 0 unspecified atom stereocenters. The predicted molar refractivity (Wildman–Crippen MR) is 60.8 cm³/mol. The third kappa shape index (κ3) is 2.82. The number of hydrogen-bond acceptors (Lipinski definition) is 6. The van der Waals surface area contributed by atoms with Gasteiger partial charge in [0, 0.05) is 11.1 Å². The topological polar surface area (TPSA) is 95.7 Å². The van der Waals surface area contributed by atoms with Gasteiger partial charge in [-0.05, 0) is 12.1 Å². The number of hydrogen-bond donors (Lipinski definition) is 0. The van der Waals surface area contributed by atoms with Crippen LogP contribution in [-0.2, 0) is 16.0 Å². The summed E-state index contributed by atoms with van der Waals surface area (Å²) >= 11 is 0. The van der Waals surface area contributed by atoms with Gasteiger partial charge in [0.15, 0.2) is 5.75 Å². The molecular formula is C11H11NO6. The minimum absolute atomic E-state index is 0.0662. The number of nitro groups is 1. The molecule has 96 valence electrons. The number of methoxy groups -OCH3 is 2. The average Bonchev–Trinajstić information content (AvgIpc) is 2.36. The highest BCUT2D eigenvalue weighted by Gasteiger charge is 2.24. The van der Waals surface area contributed by atoms with Crippen LogP contribution in [-0.4, -0.2) is 31.4 Å². The van der Waals surface area contributed by atoms with E-state index in [1.54, 1.807) is 0 Å². The first kappa shape index (κ1) is 13.6. The summed E-state index contributed by atoms with van der Waals surface area (Å²) in [5.41, 5.74) is -0.0712. The molecule has 18 heavy (non-hydrogen) atoms. The molecule has 0 spiro atoms. The highest BCUT2D eigenvalue weighted by Crippen LogP contribution is 2.32. The highest BCUT2D eigenvalue weighted by molar-refractivity contribution is 5.81. The number of aldehydes is 1. The lowest BCUT2D eigenvalue weighted by molar-refractivity contribution is -0.386. The molecule has 7 nitrogen and oxygen atoms in total. The van der Waals surface area contributed by atoms with E-state index < -0.39 is 10.9 Å². The third-order valence-corrected chi connectivity index (χ3v) is 2.28. The van der Waals surface area contributed by atoms with E-state index in [1.807, 2.05) is 0 Å². The molecule has 0 aliphatic carbocycles. The van der Waals surface area contributed by atoms with Crippen LogP contribution in [0.4, 0.5) is 5.69 Å². The molecule has 0 fully saturated rings. The Morgan fingerprint density at radius 1 is 1.44 bits per heavy atom. The van der Waals surface area contributed by atoms with Gasteiger partial charge in [-0.15, -0.1) is 0 Å². The summed E-state index contributed by atoms with van der Waals surface area (Å²) in [4.78, 5) is 32.2. The molecule has 1 aromatic rings. The zero-order valence-corrected chi connectivity index (χ0v) is 9.84. The summed E-state index contributed by atoms with van der Waals surface area (Å²) in [7, 11) is 2.42. The van der Waals surface area contributed by atoms with Crippen molar-refractivity contribution in [2.75, 3.05) is 14.2 Å². The fourth-order valence-electron chi connectivity index (χ4n) is 1.48. The van der Waals surface area contributed by atoms with Crippen molar-refractivity contribution in [2.24, 2.45) is 0 Å². The van der Waals surface area contributed by atoms with Crippen LogP contribution in [0.5, 0.6) is 5.75 Å². The van der Waals surface area contributed by atoms with Crippen molar-refractivity contribution in [2.45, 2.75) is 6.42 Å². The van der Waals surface area contributed by atoms with Crippen LogP contribution in [0.2, 0.25) is 0 Å². The number of esters is 1. The van der Waals surface area contributed by atoms with Gasteiger partial charge in [0.25, 0.3) is 0 Å². The first-order chi connectivity index (χ1) is 8.53. The molecule has 0 radical (unpaired) electrons. The standard InChI is InChI=1S/C11H11NO6/c1-17-9-4-7(6-13)3-8(5-10(14)18-2)11(9)12(15)16/h3-4,6H,5H2,1-2H3. The Kier molecular flexibility index (Phi) is 4.36. The Labute approximate surface area is 102 Å². The molecule has 1 aromatic carbocycles. The van der Waals surface area contributed by atoms with Crippen molar-refractivity contribution in [1.82, 2.24) is 0 Å². The number of nitrogens with zero attached hydrogens (tertiary/aromatic N) is 1. The lowest BCUT2D eigenvalue weighted by atomic mass is 10.1. The van der Waals surface area contributed by atoms with Crippen molar-refractivity contribution in [3.8, 4) is 5.75 Å². The van der Waals surface area contributed by atoms with Crippen molar-refractivity contribution < 1.29 is 24.0 Å². The number of nitro benzene ring substituents is 1. The minimum atomic E-state index is -0.661. The van der Waals surface area contributed by atoms with E-state index in [9.17, 15) is 19.7 Å². The summed E-state index contributed by atoms with van der Waals surface area (Å²) in [6.45, 7) is 0. The van der Waals surface area contributed by atoms with Gasteiger partial charge >= 0.3 is 11.7 Å². The number of carbonyl (C=O) groups is 2. The normalized spacial score (nSPS) is 9.67. The van der Waals surface area contributed by atoms with Crippen molar-refractivity contribution in [1.29, 1.82) is 0 Å². The Bertz CT molecular complexity index is 497. The molecule has 0 saturated carbocycles. The second-order valence-corrected chi connectivity index (χ2v) is 3.36. The maximum Gasteiger partial charge on any atom is 0.314 e. The van der Waals surface area contributed by atoms with Gasteiger partial charge < -0.3 is 9.47 Å². The van der Waals surface area contributed by atoms with Gasteiger partial charge in [0.1, 0.15) is 6.29 Å². The molecule has 0 amide bonds. The maximum atomic E-state index is 11.2. The second-order valence-electron chi connectivity index (χ2n) is 3.36. The lowest BCUT2D eigenvalue weighted by Crippen LogP contribution is -2.08. The van der Waals surface area contributed by atoms with Crippen molar-refractivity contribution in [3.05, 3.63) is 33.4 Å². The number of benzene rings is 1. The Hall–Kier alpha value is -2.44. The van der Waals surface area contributed by atoms with E-state index in [0.29, 0.717) is 6.29 Å². The SMILES string of the molecule is COC(=O)Cc1cc(C=O)cc(OC)c1[N+](=O)[O-]. The molecule has 0 bridgehead atoms. The van der Waals surface area contributed by atoms with E-state index in [-0.39, 0.29) is 29.0 Å². The van der Waals surface area contributed by atoms with Gasteiger partial charge in [-0.2, -0.15) is 0 Å². The van der Waals surface area contributed by atoms with E-state index >= 15 is 0 Å². The van der Waals surface area contributed by atoms with Gasteiger partial charge in [0.05, 0.1) is 25.6 Å². The Morgan fingerprint density at radius 2 is 2.11 bits per heavy atom. The van der Waals surface area contributed by atoms with Gasteiger partial charge in [-0.1, -0.05) is 0 Å². The van der Waals surface area contributed by atoms with E-state index in [1.165, 1.54) is 26.4 Å². The molecule has 0 N–H and O–H groups in total. The third-order valence-electron chi connectivity index (χ3n) is 2.28. The molecule has 0 aliphatic rings. The largest absolute Gasteiger partial charge is 0.490 e. The quantitative estimate of drug-likeness (QED) is 0.338. The van der Waals surface area contributed by atoms with Crippen LogP contribution < -0.4 is 4.74 Å². The van der Waals surface area contributed by atoms with Crippen molar-refractivity contribution in [3.63, 3.8) is 0 Å². The molecular weight excluding hydrogens is 242 g/mol. The molecule has 0 aliphatic heterocycles. The Morgan fingerprint density at radius 3 is 2.56 bits per heavy atom. The zero-order valence-electron chi connectivity index (χ0n) is 9.84. The summed E-state index contributed by atoms with van der Waals surface area (Å²) in [5, 5.41) is 11.0. The smallest absolute Gasteiger partial charge is 0.314 e. The minimum Gasteiger partial charge on any atom is -0.490 e. The molecule has 0 aromatic heterocycles. The summed E-state index contributed by atoms with van der Waals surface area (Å²) < 4.78 is 9.30. The van der Waals surface area contributed by atoms with Gasteiger partial charge in [-0.25, -0.2) is 0 Å².